The van der Waals surface area contributed by atoms with Gasteiger partial charge in [0.1, 0.15) is 5.75 Å². The van der Waals surface area contributed by atoms with E-state index in [-0.39, 0.29) is 11.9 Å². The highest BCUT2D eigenvalue weighted by Crippen LogP contribution is 2.41. The molecule has 1 aliphatic heterocycles. The maximum atomic E-state index is 13.5. The lowest BCUT2D eigenvalue weighted by Gasteiger charge is -2.38. The van der Waals surface area contributed by atoms with E-state index in [4.69, 9.17) is 14.2 Å². The number of fused-ring (bicyclic) bond motifs is 1. The fourth-order valence-electron chi connectivity index (χ4n) is 4.06. The Hall–Kier alpha value is -3.47. The van der Waals surface area contributed by atoms with Crippen molar-refractivity contribution in [3.05, 3.63) is 89.0 Å². The molecule has 3 aromatic rings. The summed E-state index contributed by atoms with van der Waals surface area (Å²) in [5.74, 6) is 2.09. The van der Waals surface area contributed by atoms with Crippen LogP contribution in [0.2, 0.25) is 0 Å². The lowest BCUT2D eigenvalue weighted by Crippen LogP contribution is -2.40. The van der Waals surface area contributed by atoms with Crippen LogP contribution in [0.25, 0.3) is 0 Å². The number of hydrogen-bond donors (Lipinski definition) is 0. The molecular formula is C25H25NO4. The molecule has 0 radical (unpaired) electrons. The summed E-state index contributed by atoms with van der Waals surface area (Å²) in [7, 11) is 4.89. The van der Waals surface area contributed by atoms with Crippen molar-refractivity contribution in [2.45, 2.75) is 12.5 Å². The molecular weight excluding hydrogens is 378 g/mol. The molecule has 0 fully saturated rings. The number of nitrogens with zero attached hydrogens (tertiary/aromatic N) is 1. The van der Waals surface area contributed by atoms with Gasteiger partial charge in [-0.2, -0.15) is 0 Å². The summed E-state index contributed by atoms with van der Waals surface area (Å²) in [6, 6.07) is 21.2. The topological polar surface area (TPSA) is 48.0 Å². The highest BCUT2D eigenvalue weighted by Gasteiger charge is 2.33. The molecule has 0 saturated carbocycles. The third kappa shape index (κ3) is 3.59. The van der Waals surface area contributed by atoms with Gasteiger partial charge in [0.15, 0.2) is 11.5 Å². The molecule has 0 bridgehead atoms. The molecule has 1 amide bonds. The molecule has 4 rings (SSSR count). The number of carbonyl (C=O) groups excluding carboxylic acids is 1. The van der Waals surface area contributed by atoms with Crippen LogP contribution in [0.3, 0.4) is 0 Å². The van der Waals surface area contributed by atoms with E-state index in [1.165, 1.54) is 5.56 Å². The second kappa shape index (κ2) is 8.49. The van der Waals surface area contributed by atoms with Gasteiger partial charge in [-0.15, -0.1) is 0 Å². The zero-order valence-corrected chi connectivity index (χ0v) is 17.4. The molecule has 3 aromatic carbocycles. The van der Waals surface area contributed by atoms with Gasteiger partial charge in [-0.3, -0.25) is 4.79 Å². The van der Waals surface area contributed by atoms with Gasteiger partial charge in [0.05, 0.1) is 27.4 Å². The van der Waals surface area contributed by atoms with Gasteiger partial charge in [0.25, 0.3) is 5.91 Å². The summed E-state index contributed by atoms with van der Waals surface area (Å²) in [5.41, 5.74) is 3.93. The molecule has 0 saturated heterocycles. The maximum Gasteiger partial charge on any atom is 0.254 e. The van der Waals surface area contributed by atoms with Crippen molar-refractivity contribution in [3.8, 4) is 17.2 Å². The van der Waals surface area contributed by atoms with Crippen LogP contribution in [0.4, 0.5) is 0 Å². The van der Waals surface area contributed by atoms with E-state index in [2.05, 4.69) is 12.1 Å². The Balaban J connectivity index is 1.80. The predicted octanol–water partition coefficient (Wildman–Crippen LogP) is 4.50. The number of rotatable bonds is 5. The van der Waals surface area contributed by atoms with Crippen LogP contribution in [-0.4, -0.2) is 38.7 Å². The first-order chi connectivity index (χ1) is 14.7. The van der Waals surface area contributed by atoms with Crippen molar-refractivity contribution in [3.63, 3.8) is 0 Å². The van der Waals surface area contributed by atoms with Crippen LogP contribution in [0, 0.1) is 0 Å². The molecule has 0 spiro atoms. The SMILES string of the molecule is COc1ccc(C(=O)N2CCc3cc(OC)c(OC)cc3C2c2ccccc2)cc1. The van der Waals surface area contributed by atoms with Gasteiger partial charge >= 0.3 is 0 Å². The lowest BCUT2D eigenvalue weighted by atomic mass is 9.87. The third-order valence-corrected chi connectivity index (χ3v) is 5.59. The van der Waals surface area contributed by atoms with Crippen molar-refractivity contribution in [1.29, 1.82) is 0 Å². The minimum absolute atomic E-state index is 0.00746. The normalized spacial score (nSPS) is 15.3. The van der Waals surface area contributed by atoms with Crippen LogP contribution in [-0.2, 0) is 6.42 Å². The average molecular weight is 403 g/mol. The van der Waals surface area contributed by atoms with E-state index in [1.807, 2.05) is 59.5 Å². The number of methoxy groups -OCH3 is 3. The van der Waals surface area contributed by atoms with Gasteiger partial charge in [0.2, 0.25) is 0 Å². The third-order valence-electron chi connectivity index (χ3n) is 5.59. The van der Waals surface area contributed by atoms with Gasteiger partial charge in [-0.05, 0) is 59.5 Å². The Kier molecular flexibility index (Phi) is 5.61. The van der Waals surface area contributed by atoms with E-state index < -0.39 is 0 Å². The molecule has 1 atom stereocenters. The molecule has 5 nitrogen and oxygen atoms in total. The number of hydrogen-bond acceptors (Lipinski definition) is 4. The van der Waals surface area contributed by atoms with E-state index in [0.29, 0.717) is 23.6 Å². The second-order valence-corrected chi connectivity index (χ2v) is 7.20. The fraction of sp³-hybridized carbons (Fsp3) is 0.240. The number of amides is 1. The van der Waals surface area contributed by atoms with Gasteiger partial charge in [-0.25, -0.2) is 0 Å². The first-order valence-electron chi connectivity index (χ1n) is 9.91. The predicted molar refractivity (Wildman–Crippen MR) is 116 cm³/mol. The molecule has 0 N–H and O–H groups in total. The van der Waals surface area contributed by atoms with Crippen LogP contribution in [0.5, 0.6) is 17.2 Å². The molecule has 1 unspecified atom stereocenters. The van der Waals surface area contributed by atoms with E-state index in [0.717, 1.165) is 23.3 Å². The quantitative estimate of drug-likeness (QED) is 0.629. The highest BCUT2D eigenvalue weighted by atomic mass is 16.5. The summed E-state index contributed by atoms with van der Waals surface area (Å²) in [6.07, 6.45) is 0.751. The largest absolute Gasteiger partial charge is 0.497 e. The highest BCUT2D eigenvalue weighted by molar-refractivity contribution is 5.95. The van der Waals surface area contributed by atoms with Gasteiger partial charge in [-0.1, -0.05) is 30.3 Å². The Morgan fingerprint density at radius 2 is 1.53 bits per heavy atom. The Labute approximate surface area is 176 Å². The standard InChI is InChI=1S/C25H25NO4/c1-28-20-11-9-18(10-12-20)25(27)26-14-13-19-15-22(29-2)23(30-3)16-21(19)24(26)17-7-5-4-6-8-17/h4-12,15-16,24H,13-14H2,1-3H3. The van der Waals surface area contributed by atoms with Gasteiger partial charge in [0, 0.05) is 12.1 Å². The number of ether oxygens (including phenoxy) is 3. The number of carbonyl (C=O) groups is 1. The Morgan fingerprint density at radius 3 is 2.17 bits per heavy atom. The van der Waals surface area contributed by atoms with Crippen LogP contribution in [0.1, 0.15) is 33.1 Å². The Morgan fingerprint density at radius 1 is 0.867 bits per heavy atom. The van der Waals surface area contributed by atoms with Gasteiger partial charge < -0.3 is 19.1 Å². The first-order valence-corrected chi connectivity index (χ1v) is 9.91. The molecule has 1 aliphatic rings. The summed E-state index contributed by atoms with van der Waals surface area (Å²) < 4.78 is 16.3. The maximum absolute atomic E-state index is 13.5. The summed E-state index contributed by atoms with van der Waals surface area (Å²) in [5, 5.41) is 0. The average Bonchev–Trinajstić information content (AvgIpc) is 2.82. The van der Waals surface area contributed by atoms with Crippen LogP contribution >= 0.6 is 0 Å². The fourth-order valence-corrected chi connectivity index (χ4v) is 4.06. The van der Waals surface area contributed by atoms with E-state index in [1.54, 1.807) is 21.3 Å². The zero-order chi connectivity index (χ0) is 21.1. The summed E-state index contributed by atoms with van der Waals surface area (Å²) in [6.45, 7) is 0.618. The van der Waals surface area contributed by atoms with Crippen molar-refractivity contribution in [1.82, 2.24) is 4.90 Å². The van der Waals surface area contributed by atoms with Crippen molar-refractivity contribution < 1.29 is 19.0 Å². The van der Waals surface area contributed by atoms with Crippen molar-refractivity contribution in [2.75, 3.05) is 27.9 Å². The van der Waals surface area contributed by atoms with E-state index >= 15 is 0 Å². The zero-order valence-electron chi connectivity index (χ0n) is 17.4. The van der Waals surface area contributed by atoms with Crippen LogP contribution in [0.15, 0.2) is 66.7 Å². The molecule has 0 aromatic heterocycles. The van der Waals surface area contributed by atoms with E-state index in [9.17, 15) is 4.79 Å². The molecule has 1 heterocycles. The molecule has 154 valence electrons. The first kappa shape index (κ1) is 19.8. The number of benzene rings is 3. The summed E-state index contributed by atoms with van der Waals surface area (Å²) in [4.78, 5) is 15.4. The molecule has 5 heteroatoms. The minimum Gasteiger partial charge on any atom is -0.497 e. The minimum atomic E-state index is -0.204. The van der Waals surface area contributed by atoms with Crippen molar-refractivity contribution in [2.24, 2.45) is 0 Å². The second-order valence-electron chi connectivity index (χ2n) is 7.20. The summed E-state index contributed by atoms with van der Waals surface area (Å²) >= 11 is 0. The molecule has 30 heavy (non-hydrogen) atoms. The smallest absolute Gasteiger partial charge is 0.254 e. The monoisotopic (exact) mass is 403 g/mol. The van der Waals surface area contributed by atoms with Crippen LogP contribution < -0.4 is 14.2 Å². The van der Waals surface area contributed by atoms with Crippen molar-refractivity contribution >= 4 is 5.91 Å². The molecule has 0 aliphatic carbocycles. The lowest BCUT2D eigenvalue weighted by molar-refractivity contribution is 0.0694. The Bertz CT molecular complexity index is 1030.